The SMILES string of the molecule is Cc1ccccc1COC(=O)c1cc([N+](=O)[O-])ccc1NCCO. The summed E-state index contributed by atoms with van der Waals surface area (Å²) in [6, 6.07) is 11.4. The normalized spacial score (nSPS) is 10.2. The number of non-ortho nitro benzene ring substituents is 1. The Labute approximate surface area is 139 Å². The fourth-order valence-corrected chi connectivity index (χ4v) is 2.15. The van der Waals surface area contributed by atoms with E-state index in [-0.39, 0.29) is 31.0 Å². The summed E-state index contributed by atoms with van der Waals surface area (Å²) < 4.78 is 5.29. The van der Waals surface area contributed by atoms with Gasteiger partial charge in [-0.3, -0.25) is 10.1 Å². The first-order valence-electron chi connectivity index (χ1n) is 7.37. The van der Waals surface area contributed by atoms with Gasteiger partial charge in [-0.1, -0.05) is 24.3 Å². The molecule has 7 nitrogen and oxygen atoms in total. The monoisotopic (exact) mass is 330 g/mol. The maximum atomic E-state index is 12.3. The smallest absolute Gasteiger partial charge is 0.340 e. The van der Waals surface area contributed by atoms with Crippen LogP contribution in [0, 0.1) is 17.0 Å². The van der Waals surface area contributed by atoms with Crippen molar-refractivity contribution in [1.82, 2.24) is 0 Å². The van der Waals surface area contributed by atoms with E-state index in [9.17, 15) is 14.9 Å². The van der Waals surface area contributed by atoms with Gasteiger partial charge in [-0.15, -0.1) is 0 Å². The van der Waals surface area contributed by atoms with E-state index in [0.29, 0.717) is 5.69 Å². The van der Waals surface area contributed by atoms with Crippen molar-refractivity contribution in [2.45, 2.75) is 13.5 Å². The van der Waals surface area contributed by atoms with Crippen LogP contribution in [-0.2, 0) is 11.3 Å². The van der Waals surface area contributed by atoms with Crippen LogP contribution in [0.5, 0.6) is 0 Å². The van der Waals surface area contributed by atoms with Gasteiger partial charge in [0.05, 0.1) is 17.1 Å². The van der Waals surface area contributed by atoms with Crippen molar-refractivity contribution in [3.8, 4) is 0 Å². The van der Waals surface area contributed by atoms with Gasteiger partial charge in [-0.05, 0) is 24.1 Å². The van der Waals surface area contributed by atoms with E-state index in [2.05, 4.69) is 5.32 Å². The molecule has 0 spiro atoms. The molecular formula is C17H18N2O5. The molecule has 0 saturated carbocycles. The molecule has 0 aliphatic heterocycles. The van der Waals surface area contributed by atoms with E-state index in [1.54, 1.807) is 0 Å². The number of nitro benzene ring substituents is 1. The molecule has 7 heteroatoms. The van der Waals surface area contributed by atoms with Crippen molar-refractivity contribution < 1.29 is 19.6 Å². The van der Waals surface area contributed by atoms with Crippen LogP contribution in [0.2, 0.25) is 0 Å². The second kappa shape index (κ2) is 8.07. The van der Waals surface area contributed by atoms with Gasteiger partial charge in [0.15, 0.2) is 0 Å². The van der Waals surface area contributed by atoms with Gasteiger partial charge in [0.2, 0.25) is 0 Å². The second-order valence-electron chi connectivity index (χ2n) is 5.14. The van der Waals surface area contributed by atoms with Gasteiger partial charge < -0.3 is 15.2 Å². The predicted molar refractivity (Wildman–Crippen MR) is 89.0 cm³/mol. The van der Waals surface area contributed by atoms with Crippen LogP contribution in [-0.4, -0.2) is 29.2 Å². The Morgan fingerprint density at radius 1 is 1.29 bits per heavy atom. The highest BCUT2D eigenvalue weighted by Crippen LogP contribution is 2.23. The van der Waals surface area contributed by atoms with Crippen molar-refractivity contribution in [2.24, 2.45) is 0 Å². The van der Waals surface area contributed by atoms with E-state index in [0.717, 1.165) is 11.1 Å². The van der Waals surface area contributed by atoms with Crippen LogP contribution in [0.3, 0.4) is 0 Å². The molecule has 0 bridgehead atoms. The topological polar surface area (TPSA) is 102 Å². The maximum Gasteiger partial charge on any atom is 0.340 e. The van der Waals surface area contributed by atoms with Crippen molar-refractivity contribution in [1.29, 1.82) is 0 Å². The summed E-state index contributed by atoms with van der Waals surface area (Å²) in [4.78, 5) is 22.7. The summed E-state index contributed by atoms with van der Waals surface area (Å²) in [5.74, 6) is -0.664. The van der Waals surface area contributed by atoms with Crippen molar-refractivity contribution in [2.75, 3.05) is 18.5 Å². The molecule has 0 aliphatic carbocycles. The number of hydrogen-bond acceptors (Lipinski definition) is 6. The zero-order chi connectivity index (χ0) is 17.5. The number of rotatable bonds is 7. The highest BCUT2D eigenvalue weighted by molar-refractivity contribution is 5.96. The number of aryl methyl sites for hydroxylation is 1. The zero-order valence-corrected chi connectivity index (χ0v) is 13.2. The quantitative estimate of drug-likeness (QED) is 0.460. The van der Waals surface area contributed by atoms with E-state index in [1.165, 1.54) is 18.2 Å². The summed E-state index contributed by atoms with van der Waals surface area (Å²) >= 11 is 0. The first-order valence-corrected chi connectivity index (χ1v) is 7.37. The highest BCUT2D eigenvalue weighted by Gasteiger charge is 2.18. The minimum atomic E-state index is -0.664. The fourth-order valence-electron chi connectivity index (χ4n) is 2.15. The number of anilines is 1. The average Bonchev–Trinajstić information content (AvgIpc) is 2.58. The minimum absolute atomic E-state index is 0.0613. The zero-order valence-electron chi connectivity index (χ0n) is 13.2. The van der Waals surface area contributed by atoms with Gasteiger partial charge in [0, 0.05) is 24.4 Å². The Hall–Kier alpha value is -2.93. The number of nitrogens with zero attached hydrogens (tertiary/aromatic N) is 1. The molecule has 24 heavy (non-hydrogen) atoms. The maximum absolute atomic E-state index is 12.3. The molecule has 2 aromatic rings. The van der Waals surface area contributed by atoms with Gasteiger partial charge in [0.1, 0.15) is 6.61 Å². The van der Waals surface area contributed by atoms with E-state index in [4.69, 9.17) is 9.84 Å². The lowest BCUT2D eigenvalue weighted by atomic mass is 10.1. The number of ether oxygens (including phenoxy) is 1. The summed E-state index contributed by atoms with van der Waals surface area (Å²) in [5, 5.41) is 22.7. The number of esters is 1. The lowest BCUT2D eigenvalue weighted by Gasteiger charge is -2.12. The van der Waals surface area contributed by atoms with Crippen LogP contribution < -0.4 is 5.32 Å². The third-order valence-corrected chi connectivity index (χ3v) is 3.48. The summed E-state index contributed by atoms with van der Waals surface area (Å²) in [5.41, 5.74) is 2.09. The Balaban J connectivity index is 2.20. The first kappa shape index (κ1) is 17.4. The number of carbonyl (C=O) groups is 1. The van der Waals surface area contributed by atoms with Gasteiger partial charge in [0.25, 0.3) is 5.69 Å². The first-order chi connectivity index (χ1) is 11.5. The number of aliphatic hydroxyl groups excluding tert-OH is 1. The number of nitro groups is 1. The molecule has 2 N–H and O–H groups in total. The fraction of sp³-hybridized carbons (Fsp3) is 0.235. The minimum Gasteiger partial charge on any atom is -0.457 e. The molecule has 0 amide bonds. The van der Waals surface area contributed by atoms with Crippen molar-refractivity contribution >= 4 is 17.3 Å². The summed E-state index contributed by atoms with van der Waals surface area (Å²) in [6.45, 7) is 2.07. The third kappa shape index (κ3) is 4.30. The van der Waals surface area contributed by atoms with Crippen LogP contribution in [0.1, 0.15) is 21.5 Å². The number of nitrogens with one attached hydrogen (secondary N) is 1. The number of carbonyl (C=O) groups excluding carboxylic acids is 1. The molecule has 0 atom stereocenters. The second-order valence-corrected chi connectivity index (χ2v) is 5.14. The van der Waals surface area contributed by atoms with Crippen LogP contribution >= 0.6 is 0 Å². The third-order valence-electron chi connectivity index (χ3n) is 3.48. The van der Waals surface area contributed by atoms with Crippen molar-refractivity contribution in [3.63, 3.8) is 0 Å². The molecule has 0 aromatic heterocycles. The van der Waals surface area contributed by atoms with Crippen molar-refractivity contribution in [3.05, 3.63) is 69.3 Å². The molecular weight excluding hydrogens is 312 g/mol. The standard InChI is InChI=1S/C17H18N2O5/c1-12-4-2-3-5-13(12)11-24-17(21)15-10-14(19(22)23)6-7-16(15)18-8-9-20/h2-7,10,18,20H,8-9,11H2,1H3. The molecule has 0 fully saturated rings. The Bertz CT molecular complexity index is 746. The van der Waals surface area contributed by atoms with Gasteiger partial charge >= 0.3 is 5.97 Å². The summed E-state index contributed by atoms with van der Waals surface area (Å²) in [6.07, 6.45) is 0. The largest absolute Gasteiger partial charge is 0.457 e. The Morgan fingerprint density at radius 2 is 2.04 bits per heavy atom. The molecule has 126 valence electrons. The lowest BCUT2D eigenvalue weighted by molar-refractivity contribution is -0.384. The molecule has 0 aliphatic rings. The highest BCUT2D eigenvalue weighted by atomic mass is 16.6. The number of aliphatic hydroxyl groups is 1. The molecule has 0 unspecified atom stereocenters. The molecule has 0 heterocycles. The van der Waals surface area contributed by atoms with Crippen LogP contribution in [0.4, 0.5) is 11.4 Å². The molecule has 2 aromatic carbocycles. The molecule has 2 rings (SSSR count). The average molecular weight is 330 g/mol. The number of hydrogen-bond donors (Lipinski definition) is 2. The van der Waals surface area contributed by atoms with Crippen LogP contribution in [0.15, 0.2) is 42.5 Å². The van der Waals surface area contributed by atoms with Gasteiger partial charge in [-0.2, -0.15) is 0 Å². The van der Waals surface area contributed by atoms with E-state index >= 15 is 0 Å². The molecule has 0 radical (unpaired) electrons. The van der Waals surface area contributed by atoms with Gasteiger partial charge in [-0.25, -0.2) is 4.79 Å². The number of benzene rings is 2. The van der Waals surface area contributed by atoms with E-state index in [1.807, 2.05) is 31.2 Å². The van der Waals surface area contributed by atoms with E-state index < -0.39 is 10.9 Å². The predicted octanol–water partition coefficient (Wildman–Crippen LogP) is 2.66. The molecule has 0 saturated heterocycles. The summed E-state index contributed by atoms with van der Waals surface area (Å²) in [7, 11) is 0. The Kier molecular flexibility index (Phi) is 5.86. The lowest BCUT2D eigenvalue weighted by Crippen LogP contribution is -2.13. The Morgan fingerprint density at radius 3 is 2.71 bits per heavy atom. The van der Waals surface area contributed by atoms with Crippen LogP contribution in [0.25, 0.3) is 0 Å².